The van der Waals surface area contributed by atoms with Crippen molar-refractivity contribution in [3.05, 3.63) is 64.7 Å². The van der Waals surface area contributed by atoms with E-state index in [9.17, 15) is 9.90 Å². The zero-order valence-electron chi connectivity index (χ0n) is 13.9. The van der Waals surface area contributed by atoms with Gasteiger partial charge in [-0.2, -0.15) is 0 Å². The normalized spacial score (nSPS) is 16.9. The fraction of sp³-hybridized carbons (Fsp3) is 0.316. The summed E-state index contributed by atoms with van der Waals surface area (Å²) in [6.45, 7) is 4.53. The predicted molar refractivity (Wildman–Crippen MR) is 92.1 cm³/mol. The minimum Gasteiger partial charge on any atom is -0.491 e. The molecule has 1 aliphatic rings. The molecule has 0 aliphatic carbocycles. The van der Waals surface area contributed by atoms with E-state index in [1.165, 1.54) is 0 Å². The summed E-state index contributed by atoms with van der Waals surface area (Å²) in [7, 11) is 0. The third kappa shape index (κ3) is 3.51. The molecule has 3 N–H and O–H groups in total. The second-order valence-corrected chi connectivity index (χ2v) is 6.13. The average Bonchev–Trinajstić information content (AvgIpc) is 2.95. The number of amides is 2. The molecule has 0 saturated carbocycles. The topological polar surface area (TPSA) is 70.6 Å². The van der Waals surface area contributed by atoms with Gasteiger partial charge in [0.15, 0.2) is 0 Å². The molecule has 1 heterocycles. The molecular formula is C19H22N2O3. The Morgan fingerprint density at radius 1 is 1.29 bits per heavy atom. The minimum absolute atomic E-state index is 0.158. The Morgan fingerprint density at radius 3 is 2.88 bits per heavy atom. The van der Waals surface area contributed by atoms with Crippen LogP contribution < -0.4 is 15.4 Å². The van der Waals surface area contributed by atoms with E-state index in [-0.39, 0.29) is 18.6 Å². The first-order valence-electron chi connectivity index (χ1n) is 8.06. The molecule has 3 rings (SSSR count). The molecule has 0 spiro atoms. The van der Waals surface area contributed by atoms with Crippen LogP contribution >= 0.6 is 0 Å². The molecule has 126 valence electrons. The first-order chi connectivity index (χ1) is 11.5. The lowest BCUT2D eigenvalue weighted by atomic mass is 10.0. The van der Waals surface area contributed by atoms with Crippen molar-refractivity contribution in [2.45, 2.75) is 26.0 Å². The highest BCUT2D eigenvalue weighted by atomic mass is 16.5. The second kappa shape index (κ2) is 6.93. The second-order valence-electron chi connectivity index (χ2n) is 6.13. The molecular weight excluding hydrogens is 304 g/mol. The van der Waals surface area contributed by atoms with Gasteiger partial charge in [0.05, 0.1) is 12.1 Å². The largest absolute Gasteiger partial charge is 0.491 e. The maximum Gasteiger partial charge on any atom is 0.315 e. The first-order valence-corrected chi connectivity index (χ1v) is 8.06. The van der Waals surface area contributed by atoms with Crippen LogP contribution in [-0.2, 0) is 0 Å². The quantitative estimate of drug-likeness (QED) is 0.809. The minimum atomic E-state index is -0.730. The average molecular weight is 326 g/mol. The zero-order chi connectivity index (χ0) is 17.1. The van der Waals surface area contributed by atoms with Crippen LogP contribution in [0.3, 0.4) is 0 Å². The molecule has 2 aromatic carbocycles. The van der Waals surface area contributed by atoms with Gasteiger partial charge in [-0.3, -0.25) is 0 Å². The SMILES string of the molecule is Cc1ccc2c(c1)C(NC(=O)NCC(O)c1ccccc1C)CO2. The number of benzene rings is 2. The highest BCUT2D eigenvalue weighted by molar-refractivity contribution is 5.74. The molecule has 24 heavy (non-hydrogen) atoms. The van der Waals surface area contributed by atoms with Gasteiger partial charge in [0.25, 0.3) is 0 Å². The van der Waals surface area contributed by atoms with Gasteiger partial charge in [-0.25, -0.2) is 4.79 Å². The van der Waals surface area contributed by atoms with E-state index in [1.807, 2.05) is 56.3 Å². The van der Waals surface area contributed by atoms with Crippen LogP contribution in [0.2, 0.25) is 0 Å². The van der Waals surface area contributed by atoms with Gasteiger partial charge in [-0.15, -0.1) is 0 Å². The third-order valence-corrected chi connectivity index (χ3v) is 4.25. The smallest absolute Gasteiger partial charge is 0.315 e. The van der Waals surface area contributed by atoms with E-state index < -0.39 is 6.10 Å². The molecule has 0 fully saturated rings. The van der Waals surface area contributed by atoms with E-state index in [0.717, 1.165) is 28.0 Å². The lowest BCUT2D eigenvalue weighted by Crippen LogP contribution is -2.40. The van der Waals surface area contributed by atoms with Gasteiger partial charge in [0.2, 0.25) is 0 Å². The number of aliphatic hydroxyl groups excluding tert-OH is 1. The molecule has 0 radical (unpaired) electrons. The van der Waals surface area contributed by atoms with Gasteiger partial charge in [-0.1, -0.05) is 42.0 Å². The summed E-state index contributed by atoms with van der Waals surface area (Å²) in [5, 5.41) is 15.9. The fourth-order valence-corrected chi connectivity index (χ4v) is 2.92. The van der Waals surface area contributed by atoms with Crippen LogP contribution in [0.25, 0.3) is 0 Å². The number of rotatable bonds is 4. The molecule has 2 aromatic rings. The van der Waals surface area contributed by atoms with Crippen molar-refractivity contribution in [2.75, 3.05) is 13.2 Å². The number of ether oxygens (including phenoxy) is 1. The summed E-state index contributed by atoms with van der Waals surface area (Å²) in [6.07, 6.45) is -0.730. The van der Waals surface area contributed by atoms with E-state index in [4.69, 9.17) is 4.74 Å². The maximum atomic E-state index is 12.1. The highest BCUT2D eigenvalue weighted by Gasteiger charge is 2.25. The summed E-state index contributed by atoms with van der Waals surface area (Å²) < 4.78 is 5.59. The van der Waals surface area contributed by atoms with Crippen molar-refractivity contribution in [3.63, 3.8) is 0 Å². The number of carbonyl (C=O) groups is 1. The molecule has 2 atom stereocenters. The Labute approximate surface area is 141 Å². The Morgan fingerprint density at radius 2 is 2.08 bits per heavy atom. The monoisotopic (exact) mass is 326 g/mol. The van der Waals surface area contributed by atoms with E-state index in [2.05, 4.69) is 10.6 Å². The number of fused-ring (bicyclic) bond motifs is 1. The van der Waals surface area contributed by atoms with E-state index >= 15 is 0 Å². The number of aryl methyl sites for hydroxylation is 2. The summed E-state index contributed by atoms with van der Waals surface area (Å²) >= 11 is 0. The van der Waals surface area contributed by atoms with Crippen molar-refractivity contribution in [1.82, 2.24) is 10.6 Å². The molecule has 5 heteroatoms. The van der Waals surface area contributed by atoms with Crippen LogP contribution in [0.1, 0.15) is 34.4 Å². The van der Waals surface area contributed by atoms with Gasteiger partial charge in [0, 0.05) is 12.1 Å². The number of hydrogen-bond donors (Lipinski definition) is 3. The van der Waals surface area contributed by atoms with Crippen LogP contribution in [0.5, 0.6) is 5.75 Å². The summed E-state index contributed by atoms with van der Waals surface area (Å²) in [4.78, 5) is 12.1. The Kier molecular flexibility index (Phi) is 4.71. The summed E-state index contributed by atoms with van der Waals surface area (Å²) in [5.74, 6) is 0.811. The lowest BCUT2D eigenvalue weighted by Gasteiger charge is -2.17. The molecule has 5 nitrogen and oxygen atoms in total. The third-order valence-electron chi connectivity index (χ3n) is 4.25. The molecule has 2 unspecified atom stereocenters. The van der Waals surface area contributed by atoms with Crippen molar-refractivity contribution in [2.24, 2.45) is 0 Å². The number of aliphatic hydroxyl groups is 1. The van der Waals surface area contributed by atoms with Crippen molar-refractivity contribution in [1.29, 1.82) is 0 Å². The van der Waals surface area contributed by atoms with Crippen molar-refractivity contribution < 1.29 is 14.6 Å². The maximum absolute atomic E-state index is 12.1. The van der Waals surface area contributed by atoms with Crippen molar-refractivity contribution in [3.8, 4) is 5.75 Å². The van der Waals surface area contributed by atoms with Gasteiger partial charge in [-0.05, 0) is 31.0 Å². The summed E-state index contributed by atoms with van der Waals surface area (Å²) in [5.41, 5.74) is 3.94. The number of hydrogen-bond acceptors (Lipinski definition) is 3. The Balaban J connectivity index is 1.56. The number of carbonyl (C=O) groups excluding carboxylic acids is 1. The summed E-state index contributed by atoms with van der Waals surface area (Å²) in [6, 6.07) is 13.0. The van der Waals surface area contributed by atoms with Gasteiger partial charge < -0.3 is 20.5 Å². The lowest BCUT2D eigenvalue weighted by molar-refractivity contribution is 0.171. The zero-order valence-corrected chi connectivity index (χ0v) is 13.9. The van der Waals surface area contributed by atoms with Crippen LogP contribution in [0.4, 0.5) is 4.79 Å². The van der Waals surface area contributed by atoms with E-state index in [0.29, 0.717) is 6.61 Å². The van der Waals surface area contributed by atoms with Crippen LogP contribution in [0.15, 0.2) is 42.5 Å². The number of urea groups is 1. The van der Waals surface area contributed by atoms with E-state index in [1.54, 1.807) is 0 Å². The molecule has 2 amide bonds. The van der Waals surface area contributed by atoms with Gasteiger partial charge in [0.1, 0.15) is 12.4 Å². The van der Waals surface area contributed by atoms with Gasteiger partial charge >= 0.3 is 6.03 Å². The first kappa shape index (κ1) is 16.3. The Hall–Kier alpha value is -2.53. The fourth-order valence-electron chi connectivity index (χ4n) is 2.92. The predicted octanol–water partition coefficient (Wildman–Crippen LogP) is 2.77. The Bertz CT molecular complexity index is 745. The number of nitrogens with one attached hydrogen (secondary N) is 2. The van der Waals surface area contributed by atoms with Crippen molar-refractivity contribution >= 4 is 6.03 Å². The molecule has 0 saturated heterocycles. The van der Waals surface area contributed by atoms with Crippen LogP contribution in [0, 0.1) is 13.8 Å². The molecule has 1 aliphatic heterocycles. The highest BCUT2D eigenvalue weighted by Crippen LogP contribution is 2.32. The molecule has 0 bridgehead atoms. The molecule has 0 aromatic heterocycles. The standard InChI is InChI=1S/C19H22N2O3/c1-12-7-8-18-15(9-12)16(11-24-18)21-19(23)20-10-17(22)14-6-4-3-5-13(14)2/h3-9,16-17,22H,10-11H2,1-2H3,(H2,20,21,23). The van der Waals surface area contributed by atoms with Crippen LogP contribution in [-0.4, -0.2) is 24.3 Å².